The second kappa shape index (κ2) is 4.09. The van der Waals surface area contributed by atoms with Crippen LogP contribution in [-0.2, 0) is 4.79 Å². The van der Waals surface area contributed by atoms with E-state index in [1.54, 1.807) is 12.1 Å². The van der Waals surface area contributed by atoms with E-state index < -0.39 is 0 Å². The van der Waals surface area contributed by atoms with Crippen LogP contribution in [0.2, 0.25) is 0 Å². The zero-order chi connectivity index (χ0) is 8.81. The number of nitriles is 1. The van der Waals surface area contributed by atoms with Gasteiger partial charge in [-0.3, -0.25) is 4.79 Å². The number of nitrogens with zero attached hydrogens (tertiary/aromatic N) is 1. The van der Waals surface area contributed by atoms with Gasteiger partial charge < -0.3 is 0 Å². The molecular formula is C10H7NO. The Morgan fingerprint density at radius 1 is 1.33 bits per heavy atom. The first-order valence-corrected chi connectivity index (χ1v) is 3.49. The maximum absolute atomic E-state index is 10.2. The van der Waals surface area contributed by atoms with Crippen molar-refractivity contribution >= 4 is 12.4 Å². The lowest BCUT2D eigenvalue weighted by molar-refractivity contribution is -0.104. The highest BCUT2D eigenvalue weighted by Gasteiger charge is 1.91. The molecule has 0 aliphatic carbocycles. The van der Waals surface area contributed by atoms with E-state index in [9.17, 15) is 4.79 Å². The van der Waals surface area contributed by atoms with Crippen molar-refractivity contribution < 1.29 is 4.79 Å². The molecule has 0 saturated carbocycles. The Bertz CT molecular complexity index is 333. The highest BCUT2D eigenvalue weighted by molar-refractivity contribution is 5.86. The maximum Gasteiger partial charge on any atom is 0.160 e. The summed E-state index contributed by atoms with van der Waals surface area (Å²) in [5, 5.41) is 8.44. The van der Waals surface area contributed by atoms with Gasteiger partial charge in [0.05, 0.1) is 5.57 Å². The van der Waals surface area contributed by atoms with Gasteiger partial charge in [0.2, 0.25) is 0 Å². The summed E-state index contributed by atoms with van der Waals surface area (Å²) in [7, 11) is 0. The molecule has 0 fully saturated rings. The van der Waals surface area contributed by atoms with Gasteiger partial charge in [-0.15, -0.1) is 0 Å². The van der Waals surface area contributed by atoms with Crippen LogP contribution < -0.4 is 0 Å². The predicted molar refractivity (Wildman–Crippen MR) is 46.1 cm³/mol. The van der Waals surface area contributed by atoms with Crippen molar-refractivity contribution in [2.45, 2.75) is 0 Å². The number of aldehydes is 1. The van der Waals surface area contributed by atoms with Gasteiger partial charge in [0, 0.05) is 0 Å². The number of hydrogen-bond acceptors (Lipinski definition) is 2. The highest BCUT2D eigenvalue weighted by atomic mass is 16.1. The molecule has 1 rings (SSSR count). The quantitative estimate of drug-likeness (QED) is 0.373. The summed E-state index contributed by atoms with van der Waals surface area (Å²) in [4.78, 5) is 10.2. The number of hydrogen-bond donors (Lipinski definition) is 0. The molecule has 0 amide bonds. The molecule has 0 atom stereocenters. The molecule has 58 valence electrons. The molecule has 0 spiro atoms. The van der Waals surface area contributed by atoms with Crippen molar-refractivity contribution in [3.05, 3.63) is 41.5 Å². The van der Waals surface area contributed by atoms with Crippen molar-refractivity contribution in [3.8, 4) is 6.07 Å². The molecule has 2 heteroatoms. The minimum absolute atomic E-state index is 0.140. The van der Waals surface area contributed by atoms with Crippen LogP contribution in [0.15, 0.2) is 35.9 Å². The SMILES string of the molecule is N#C/C(C=O)=C\c1ccccc1. The van der Waals surface area contributed by atoms with Gasteiger partial charge in [0.1, 0.15) is 6.07 Å². The van der Waals surface area contributed by atoms with Gasteiger partial charge in [0.25, 0.3) is 0 Å². The van der Waals surface area contributed by atoms with Crippen LogP contribution in [-0.4, -0.2) is 6.29 Å². The number of rotatable bonds is 2. The van der Waals surface area contributed by atoms with Crippen LogP contribution in [0.4, 0.5) is 0 Å². The molecule has 1 aromatic carbocycles. The fraction of sp³-hybridized carbons (Fsp3) is 0. The smallest absolute Gasteiger partial charge is 0.160 e. The van der Waals surface area contributed by atoms with E-state index in [1.165, 1.54) is 0 Å². The van der Waals surface area contributed by atoms with E-state index in [0.29, 0.717) is 6.29 Å². The van der Waals surface area contributed by atoms with Gasteiger partial charge in [-0.1, -0.05) is 30.3 Å². The Labute approximate surface area is 70.8 Å². The zero-order valence-corrected chi connectivity index (χ0v) is 6.40. The molecule has 0 saturated heterocycles. The molecule has 0 radical (unpaired) electrons. The highest BCUT2D eigenvalue weighted by Crippen LogP contribution is 2.03. The van der Waals surface area contributed by atoms with Crippen LogP contribution in [0, 0.1) is 11.3 Å². The normalized spacial score (nSPS) is 10.4. The molecule has 0 unspecified atom stereocenters. The van der Waals surface area contributed by atoms with Gasteiger partial charge in [-0.2, -0.15) is 5.26 Å². The fourth-order valence-corrected chi connectivity index (χ4v) is 0.821. The molecule has 0 aliphatic rings. The molecule has 2 nitrogen and oxygen atoms in total. The first-order valence-electron chi connectivity index (χ1n) is 3.49. The van der Waals surface area contributed by atoms with E-state index in [2.05, 4.69) is 0 Å². The number of carbonyl (C=O) groups excluding carboxylic acids is 1. The molecule has 12 heavy (non-hydrogen) atoms. The Balaban J connectivity index is 2.96. The average molecular weight is 157 g/mol. The molecule has 0 heterocycles. The standard InChI is InChI=1S/C10H7NO/c11-7-10(8-12)6-9-4-2-1-3-5-9/h1-6,8H/b10-6+. The first kappa shape index (κ1) is 8.22. The van der Waals surface area contributed by atoms with Gasteiger partial charge in [-0.05, 0) is 11.6 Å². The third-order valence-electron chi connectivity index (χ3n) is 1.38. The minimum Gasteiger partial charge on any atom is -0.297 e. The van der Waals surface area contributed by atoms with Crippen molar-refractivity contribution in [1.82, 2.24) is 0 Å². The molecule has 1 aromatic rings. The van der Waals surface area contributed by atoms with Gasteiger partial charge >= 0.3 is 0 Å². The van der Waals surface area contributed by atoms with Gasteiger partial charge in [0.15, 0.2) is 6.29 Å². The number of benzene rings is 1. The fourth-order valence-electron chi connectivity index (χ4n) is 0.821. The molecular weight excluding hydrogens is 150 g/mol. The third-order valence-corrected chi connectivity index (χ3v) is 1.38. The predicted octanol–water partition coefficient (Wildman–Crippen LogP) is 1.79. The largest absolute Gasteiger partial charge is 0.297 e. The summed E-state index contributed by atoms with van der Waals surface area (Å²) >= 11 is 0. The van der Waals surface area contributed by atoms with E-state index in [0.717, 1.165) is 5.56 Å². The number of carbonyl (C=O) groups is 1. The topological polar surface area (TPSA) is 40.9 Å². The van der Waals surface area contributed by atoms with E-state index in [4.69, 9.17) is 5.26 Å². The minimum atomic E-state index is 0.140. The third kappa shape index (κ3) is 2.06. The van der Waals surface area contributed by atoms with Crippen molar-refractivity contribution in [1.29, 1.82) is 5.26 Å². The van der Waals surface area contributed by atoms with Crippen LogP contribution >= 0.6 is 0 Å². The monoisotopic (exact) mass is 157 g/mol. The van der Waals surface area contributed by atoms with Crippen LogP contribution in [0.5, 0.6) is 0 Å². The summed E-state index contributed by atoms with van der Waals surface area (Å²) in [6.07, 6.45) is 2.10. The van der Waals surface area contributed by atoms with Crippen LogP contribution in [0.25, 0.3) is 6.08 Å². The summed E-state index contributed by atoms with van der Waals surface area (Å²) in [6, 6.07) is 11.0. The van der Waals surface area contributed by atoms with E-state index in [1.807, 2.05) is 30.3 Å². The Morgan fingerprint density at radius 3 is 2.50 bits per heavy atom. The van der Waals surface area contributed by atoms with E-state index >= 15 is 0 Å². The van der Waals surface area contributed by atoms with Crippen LogP contribution in [0.1, 0.15) is 5.56 Å². The summed E-state index contributed by atoms with van der Waals surface area (Å²) in [6.45, 7) is 0. The maximum atomic E-state index is 10.2. The second-order valence-corrected chi connectivity index (χ2v) is 2.24. The summed E-state index contributed by atoms with van der Waals surface area (Å²) < 4.78 is 0. The van der Waals surface area contributed by atoms with Gasteiger partial charge in [-0.25, -0.2) is 0 Å². The average Bonchev–Trinajstić information content (AvgIpc) is 2.16. The second-order valence-electron chi connectivity index (χ2n) is 2.24. The van der Waals surface area contributed by atoms with Crippen LogP contribution in [0.3, 0.4) is 0 Å². The lowest BCUT2D eigenvalue weighted by Crippen LogP contribution is -1.79. The Hall–Kier alpha value is -1.88. The van der Waals surface area contributed by atoms with Crippen molar-refractivity contribution in [3.63, 3.8) is 0 Å². The van der Waals surface area contributed by atoms with Crippen molar-refractivity contribution in [2.75, 3.05) is 0 Å². The van der Waals surface area contributed by atoms with Crippen molar-refractivity contribution in [2.24, 2.45) is 0 Å². The lowest BCUT2D eigenvalue weighted by Gasteiger charge is -1.89. The summed E-state index contributed by atoms with van der Waals surface area (Å²) in [5.41, 5.74) is 1.00. The summed E-state index contributed by atoms with van der Waals surface area (Å²) in [5.74, 6) is 0. The molecule has 0 bridgehead atoms. The molecule has 0 aliphatic heterocycles. The first-order chi connectivity index (χ1) is 5.86. The molecule has 0 N–H and O–H groups in total. The lowest BCUT2D eigenvalue weighted by atomic mass is 10.1. The zero-order valence-electron chi connectivity index (χ0n) is 6.40. The Kier molecular flexibility index (Phi) is 2.80. The van der Waals surface area contributed by atoms with E-state index in [-0.39, 0.29) is 5.57 Å². The Morgan fingerprint density at radius 2 is 2.00 bits per heavy atom. The molecule has 0 aromatic heterocycles. The number of allylic oxidation sites excluding steroid dienone is 1.